The first-order valence-corrected chi connectivity index (χ1v) is 8.85. The molecule has 0 amide bonds. The van der Waals surface area contributed by atoms with E-state index < -0.39 is 16.0 Å². The normalized spacial score (nSPS) is 11.1. The van der Waals surface area contributed by atoms with Gasteiger partial charge in [-0.2, -0.15) is 0 Å². The van der Waals surface area contributed by atoms with Crippen molar-refractivity contribution >= 4 is 27.6 Å². The SMILES string of the molecule is COC(=O)c1cccc(S(=O)(=O)NCCOc2ccc(Cl)cc2)c1. The Morgan fingerprint density at radius 3 is 2.54 bits per heavy atom. The number of halogens is 1. The molecule has 0 radical (unpaired) electrons. The van der Waals surface area contributed by atoms with Crippen LogP contribution in [0.15, 0.2) is 53.4 Å². The second kappa shape index (κ2) is 8.14. The molecule has 2 rings (SSSR count). The molecule has 8 heteroatoms. The van der Waals surface area contributed by atoms with E-state index in [2.05, 4.69) is 9.46 Å². The van der Waals surface area contributed by atoms with Gasteiger partial charge in [0, 0.05) is 11.6 Å². The fraction of sp³-hybridized carbons (Fsp3) is 0.188. The quantitative estimate of drug-likeness (QED) is 0.599. The lowest BCUT2D eigenvalue weighted by Crippen LogP contribution is -2.28. The number of rotatable bonds is 7. The lowest BCUT2D eigenvalue weighted by Gasteiger charge is -2.09. The van der Waals surface area contributed by atoms with Gasteiger partial charge >= 0.3 is 5.97 Å². The summed E-state index contributed by atoms with van der Waals surface area (Å²) >= 11 is 5.77. The number of ether oxygens (including phenoxy) is 2. The van der Waals surface area contributed by atoms with Crippen LogP contribution < -0.4 is 9.46 Å². The van der Waals surface area contributed by atoms with E-state index in [1.807, 2.05) is 0 Å². The number of benzene rings is 2. The molecule has 0 saturated heterocycles. The van der Waals surface area contributed by atoms with Crippen molar-refractivity contribution in [2.45, 2.75) is 4.90 Å². The van der Waals surface area contributed by atoms with Gasteiger partial charge in [0.2, 0.25) is 10.0 Å². The van der Waals surface area contributed by atoms with Gasteiger partial charge in [-0.05, 0) is 42.5 Å². The summed E-state index contributed by atoms with van der Waals surface area (Å²) in [6.45, 7) is 0.227. The number of esters is 1. The number of methoxy groups -OCH3 is 1. The molecule has 6 nitrogen and oxygen atoms in total. The lowest BCUT2D eigenvalue weighted by molar-refractivity contribution is 0.0600. The van der Waals surface area contributed by atoms with Gasteiger partial charge in [0.05, 0.1) is 17.6 Å². The third-order valence-corrected chi connectivity index (χ3v) is 4.75. The minimum Gasteiger partial charge on any atom is -0.492 e. The fourth-order valence-corrected chi connectivity index (χ4v) is 3.05. The number of hydrogen-bond donors (Lipinski definition) is 1. The summed E-state index contributed by atoms with van der Waals surface area (Å²) in [6, 6.07) is 12.4. The van der Waals surface area contributed by atoms with Crippen LogP contribution in [0.4, 0.5) is 0 Å². The van der Waals surface area contributed by atoms with E-state index in [0.717, 1.165) is 0 Å². The number of carbonyl (C=O) groups is 1. The number of hydrogen-bond acceptors (Lipinski definition) is 5. The molecule has 0 atom stereocenters. The first-order valence-electron chi connectivity index (χ1n) is 6.99. The summed E-state index contributed by atoms with van der Waals surface area (Å²) in [4.78, 5) is 11.5. The van der Waals surface area contributed by atoms with Crippen molar-refractivity contribution < 1.29 is 22.7 Å². The standard InChI is InChI=1S/C16H16ClNO5S/c1-22-16(19)12-3-2-4-15(11-12)24(20,21)18-9-10-23-14-7-5-13(17)6-8-14/h2-8,11,18H,9-10H2,1H3. The van der Waals surface area contributed by atoms with Gasteiger partial charge in [0.25, 0.3) is 0 Å². The van der Waals surface area contributed by atoms with Crippen molar-refractivity contribution in [3.63, 3.8) is 0 Å². The van der Waals surface area contributed by atoms with E-state index in [1.165, 1.54) is 31.4 Å². The van der Waals surface area contributed by atoms with Crippen LogP contribution >= 0.6 is 11.6 Å². The molecule has 0 aromatic heterocycles. The maximum Gasteiger partial charge on any atom is 0.337 e. The Balaban J connectivity index is 1.93. The minimum atomic E-state index is -3.74. The van der Waals surface area contributed by atoms with E-state index in [1.54, 1.807) is 24.3 Å². The highest BCUT2D eigenvalue weighted by atomic mass is 35.5. The van der Waals surface area contributed by atoms with Gasteiger partial charge in [-0.15, -0.1) is 0 Å². The average Bonchev–Trinajstić information content (AvgIpc) is 2.59. The van der Waals surface area contributed by atoms with Crippen molar-refractivity contribution in [2.24, 2.45) is 0 Å². The number of nitrogens with one attached hydrogen (secondary N) is 1. The predicted octanol–water partition coefficient (Wildman–Crippen LogP) is 2.48. The molecular formula is C16H16ClNO5S. The summed E-state index contributed by atoms with van der Waals surface area (Å²) in [6.07, 6.45) is 0. The maximum atomic E-state index is 12.2. The summed E-state index contributed by atoms with van der Waals surface area (Å²) in [5, 5.41) is 0.591. The first-order chi connectivity index (χ1) is 11.4. The zero-order valence-corrected chi connectivity index (χ0v) is 14.4. The van der Waals surface area contributed by atoms with Crippen LogP contribution in [0.25, 0.3) is 0 Å². The molecule has 0 aliphatic rings. The molecule has 0 spiro atoms. The van der Waals surface area contributed by atoms with Crippen LogP contribution in [0.5, 0.6) is 5.75 Å². The Hall–Kier alpha value is -2.09. The molecule has 24 heavy (non-hydrogen) atoms. The van der Waals surface area contributed by atoms with Gasteiger partial charge in [0.15, 0.2) is 0 Å². The lowest BCUT2D eigenvalue weighted by atomic mass is 10.2. The minimum absolute atomic E-state index is 0.0168. The summed E-state index contributed by atoms with van der Waals surface area (Å²) in [5.74, 6) is -0.00981. The number of carbonyl (C=O) groups excluding carboxylic acids is 1. The Morgan fingerprint density at radius 1 is 1.17 bits per heavy atom. The van der Waals surface area contributed by atoms with Crippen molar-refractivity contribution in [1.82, 2.24) is 4.72 Å². The second-order valence-electron chi connectivity index (χ2n) is 4.72. The van der Waals surface area contributed by atoms with Crippen LogP contribution in [-0.2, 0) is 14.8 Å². The fourth-order valence-electron chi connectivity index (χ4n) is 1.87. The molecule has 0 fully saturated rings. The molecule has 0 aliphatic carbocycles. The van der Waals surface area contributed by atoms with E-state index in [0.29, 0.717) is 10.8 Å². The van der Waals surface area contributed by atoms with Gasteiger partial charge in [-0.3, -0.25) is 0 Å². The Labute approximate surface area is 145 Å². The Kier molecular flexibility index (Phi) is 6.19. The van der Waals surface area contributed by atoms with Crippen LogP contribution in [0.2, 0.25) is 5.02 Å². The van der Waals surface area contributed by atoms with E-state index in [4.69, 9.17) is 16.3 Å². The number of sulfonamides is 1. The molecule has 2 aromatic carbocycles. The summed E-state index contributed by atoms with van der Waals surface area (Å²) in [5.41, 5.74) is 0.165. The van der Waals surface area contributed by atoms with E-state index in [-0.39, 0.29) is 23.6 Å². The molecular weight excluding hydrogens is 354 g/mol. The predicted molar refractivity (Wildman–Crippen MR) is 89.9 cm³/mol. The second-order valence-corrected chi connectivity index (χ2v) is 6.92. The third-order valence-electron chi connectivity index (χ3n) is 3.04. The molecule has 0 bridgehead atoms. The highest BCUT2D eigenvalue weighted by molar-refractivity contribution is 7.89. The van der Waals surface area contributed by atoms with Gasteiger partial charge < -0.3 is 9.47 Å². The average molecular weight is 370 g/mol. The molecule has 2 aromatic rings. The third kappa shape index (κ3) is 4.95. The van der Waals surface area contributed by atoms with Gasteiger partial charge in [-0.25, -0.2) is 17.9 Å². The topological polar surface area (TPSA) is 81.7 Å². The zero-order valence-electron chi connectivity index (χ0n) is 12.9. The van der Waals surface area contributed by atoms with Crippen LogP contribution in [0.1, 0.15) is 10.4 Å². The van der Waals surface area contributed by atoms with Crippen molar-refractivity contribution in [1.29, 1.82) is 0 Å². The van der Waals surface area contributed by atoms with Crippen molar-refractivity contribution in [3.8, 4) is 5.75 Å². The zero-order chi connectivity index (χ0) is 17.6. The largest absolute Gasteiger partial charge is 0.492 e. The monoisotopic (exact) mass is 369 g/mol. The van der Waals surface area contributed by atoms with Gasteiger partial charge in [0.1, 0.15) is 12.4 Å². The van der Waals surface area contributed by atoms with Crippen molar-refractivity contribution in [3.05, 3.63) is 59.1 Å². The molecule has 0 heterocycles. The Morgan fingerprint density at radius 2 is 1.88 bits per heavy atom. The van der Waals surface area contributed by atoms with Crippen LogP contribution in [-0.4, -0.2) is 34.6 Å². The highest BCUT2D eigenvalue weighted by Crippen LogP contribution is 2.15. The molecule has 0 saturated carbocycles. The van der Waals surface area contributed by atoms with Gasteiger partial charge in [-0.1, -0.05) is 17.7 Å². The smallest absolute Gasteiger partial charge is 0.337 e. The first kappa shape index (κ1) is 18.3. The molecule has 0 unspecified atom stereocenters. The van der Waals surface area contributed by atoms with Crippen molar-refractivity contribution in [2.75, 3.05) is 20.3 Å². The van der Waals surface area contributed by atoms with Crippen LogP contribution in [0.3, 0.4) is 0 Å². The van der Waals surface area contributed by atoms with E-state index in [9.17, 15) is 13.2 Å². The summed E-state index contributed by atoms with van der Waals surface area (Å²) < 4.78 is 36.8. The molecule has 128 valence electrons. The molecule has 1 N–H and O–H groups in total. The highest BCUT2D eigenvalue weighted by Gasteiger charge is 2.16. The van der Waals surface area contributed by atoms with Crippen LogP contribution in [0, 0.1) is 0 Å². The maximum absolute atomic E-state index is 12.2. The Bertz CT molecular complexity index is 805. The van der Waals surface area contributed by atoms with E-state index >= 15 is 0 Å². The molecule has 0 aliphatic heterocycles. The summed E-state index contributed by atoms with van der Waals surface area (Å²) in [7, 11) is -2.51.